The van der Waals surface area contributed by atoms with E-state index in [0.29, 0.717) is 24.4 Å². The molecule has 9 heteroatoms. The molecular formula is C24H29N3O4SSi. The predicted octanol–water partition coefficient (Wildman–Crippen LogP) is 3.37. The van der Waals surface area contributed by atoms with Crippen LogP contribution < -0.4 is 10.6 Å². The largest absolute Gasteiger partial charge is 0.341 e. The lowest BCUT2D eigenvalue weighted by Crippen LogP contribution is -2.52. The molecule has 0 unspecified atom stereocenters. The van der Waals surface area contributed by atoms with Crippen molar-refractivity contribution >= 4 is 29.7 Å². The second-order valence-electron chi connectivity index (χ2n) is 9.85. The van der Waals surface area contributed by atoms with Gasteiger partial charge >= 0.3 is 0 Å². The van der Waals surface area contributed by atoms with E-state index in [2.05, 4.69) is 36.3 Å². The summed E-state index contributed by atoms with van der Waals surface area (Å²) in [5.74, 6) is -0.692. The van der Waals surface area contributed by atoms with E-state index >= 15 is 0 Å². The molecule has 1 fully saturated rings. The number of hydrogen-bond donors (Lipinski definition) is 2. The van der Waals surface area contributed by atoms with Crippen molar-refractivity contribution in [1.29, 1.82) is 5.26 Å². The van der Waals surface area contributed by atoms with Gasteiger partial charge in [0.15, 0.2) is 9.84 Å². The van der Waals surface area contributed by atoms with E-state index in [1.165, 1.54) is 12.1 Å². The second kappa shape index (κ2) is 9.12. The van der Waals surface area contributed by atoms with Gasteiger partial charge in [0.2, 0.25) is 5.91 Å². The number of rotatable bonds is 8. The van der Waals surface area contributed by atoms with E-state index in [9.17, 15) is 23.3 Å². The summed E-state index contributed by atoms with van der Waals surface area (Å²) in [6, 6.07) is 15.4. The summed E-state index contributed by atoms with van der Waals surface area (Å²) in [6.45, 7) is 6.37. The maximum absolute atomic E-state index is 13.0. The van der Waals surface area contributed by atoms with Crippen molar-refractivity contribution in [1.82, 2.24) is 10.6 Å². The molecule has 1 atom stereocenters. The molecule has 0 heterocycles. The van der Waals surface area contributed by atoms with Crippen molar-refractivity contribution < 1.29 is 18.0 Å². The zero-order chi connectivity index (χ0) is 24.4. The third-order valence-electron chi connectivity index (χ3n) is 5.51. The lowest BCUT2D eigenvalue weighted by molar-refractivity contribution is -0.123. The molecule has 7 nitrogen and oxygen atoms in total. The Labute approximate surface area is 196 Å². The maximum Gasteiger partial charge on any atom is 0.251 e. The van der Waals surface area contributed by atoms with Gasteiger partial charge in [-0.25, -0.2) is 8.42 Å². The summed E-state index contributed by atoms with van der Waals surface area (Å²) in [5, 5.41) is 15.0. The van der Waals surface area contributed by atoms with Crippen LogP contribution in [0.25, 0.3) is 11.1 Å². The standard InChI is InChI=1S/C24H29N3O4SSi/c1-32(30,31)20-10-8-17(9-11-20)18-6-5-7-19(14-18)22(28)26-21(15-33(2,3)4)23(29)27-24(16-25)12-13-24/h5-11,14,21H,12-13,15H2,1-4H3,(H,26,28)(H,27,29)/t21-/m0/s1. The second-order valence-corrected chi connectivity index (χ2v) is 17.4. The Morgan fingerprint density at radius 3 is 2.24 bits per heavy atom. The molecule has 1 saturated carbocycles. The molecule has 33 heavy (non-hydrogen) atoms. The van der Waals surface area contributed by atoms with Crippen LogP contribution in [0.3, 0.4) is 0 Å². The number of carbonyl (C=O) groups is 2. The third kappa shape index (κ3) is 6.52. The van der Waals surface area contributed by atoms with Gasteiger partial charge in [-0.05, 0) is 54.3 Å². The Bertz CT molecular complexity index is 1210. The lowest BCUT2D eigenvalue weighted by atomic mass is 10.0. The molecule has 2 aromatic rings. The fourth-order valence-electron chi connectivity index (χ4n) is 3.51. The molecule has 1 aliphatic carbocycles. The van der Waals surface area contributed by atoms with Crippen LogP contribution in [0.1, 0.15) is 23.2 Å². The minimum absolute atomic E-state index is 0.228. The van der Waals surface area contributed by atoms with Crippen LogP contribution in [0.15, 0.2) is 53.4 Å². The fraction of sp³-hybridized carbons (Fsp3) is 0.375. The van der Waals surface area contributed by atoms with Gasteiger partial charge in [0, 0.05) is 19.9 Å². The number of hydrogen-bond acceptors (Lipinski definition) is 5. The molecule has 2 amide bonds. The summed E-state index contributed by atoms with van der Waals surface area (Å²) in [6.07, 6.45) is 2.41. The molecule has 0 bridgehead atoms. The van der Waals surface area contributed by atoms with E-state index in [4.69, 9.17) is 0 Å². The van der Waals surface area contributed by atoms with Crippen LogP contribution in [0.5, 0.6) is 0 Å². The van der Waals surface area contributed by atoms with Gasteiger partial charge in [-0.2, -0.15) is 5.26 Å². The number of nitriles is 1. The molecule has 0 radical (unpaired) electrons. The van der Waals surface area contributed by atoms with Gasteiger partial charge in [0.25, 0.3) is 5.91 Å². The molecule has 2 aromatic carbocycles. The van der Waals surface area contributed by atoms with Crippen LogP contribution in [-0.2, 0) is 14.6 Å². The highest BCUT2D eigenvalue weighted by Gasteiger charge is 2.46. The molecule has 0 saturated heterocycles. The van der Waals surface area contributed by atoms with E-state index < -0.39 is 29.5 Å². The van der Waals surface area contributed by atoms with Gasteiger partial charge in [0.1, 0.15) is 11.6 Å². The summed E-state index contributed by atoms with van der Waals surface area (Å²) in [5.41, 5.74) is 1.14. The SMILES string of the molecule is C[Si](C)(C)C[C@H](NC(=O)c1cccc(-c2ccc(S(C)(=O)=O)cc2)c1)C(=O)NC1(C#N)CC1. The van der Waals surface area contributed by atoms with Crippen molar-refractivity contribution in [2.24, 2.45) is 0 Å². The number of carbonyl (C=O) groups excluding carboxylic acids is 2. The number of sulfone groups is 1. The summed E-state index contributed by atoms with van der Waals surface area (Å²) in [7, 11) is -5.00. The molecular weight excluding hydrogens is 454 g/mol. The number of nitrogens with zero attached hydrogens (tertiary/aromatic N) is 1. The molecule has 0 spiro atoms. The molecule has 0 aromatic heterocycles. The van der Waals surface area contributed by atoms with Crippen molar-refractivity contribution in [3.8, 4) is 17.2 Å². The predicted molar refractivity (Wildman–Crippen MR) is 130 cm³/mol. The van der Waals surface area contributed by atoms with E-state index in [1.54, 1.807) is 30.3 Å². The topological polar surface area (TPSA) is 116 Å². The first-order valence-corrected chi connectivity index (χ1v) is 16.4. The fourth-order valence-corrected chi connectivity index (χ4v) is 5.65. The van der Waals surface area contributed by atoms with Gasteiger partial charge in [-0.3, -0.25) is 9.59 Å². The molecule has 0 aliphatic heterocycles. The van der Waals surface area contributed by atoms with Gasteiger partial charge in [-0.15, -0.1) is 0 Å². The Morgan fingerprint density at radius 1 is 1.09 bits per heavy atom. The van der Waals surface area contributed by atoms with Gasteiger partial charge in [0.05, 0.1) is 11.0 Å². The van der Waals surface area contributed by atoms with Crippen molar-refractivity contribution in [3.05, 3.63) is 54.1 Å². The van der Waals surface area contributed by atoms with E-state index in [1.807, 2.05) is 6.07 Å². The first-order valence-electron chi connectivity index (χ1n) is 10.8. The summed E-state index contributed by atoms with van der Waals surface area (Å²) >= 11 is 0. The quantitative estimate of drug-likeness (QED) is 0.559. The molecule has 2 N–H and O–H groups in total. The first kappa shape index (κ1) is 24.7. The minimum atomic E-state index is -3.29. The lowest BCUT2D eigenvalue weighted by Gasteiger charge is -2.26. The van der Waals surface area contributed by atoms with Crippen molar-refractivity contribution in [3.63, 3.8) is 0 Å². The van der Waals surface area contributed by atoms with Crippen LogP contribution in [0.4, 0.5) is 0 Å². The molecule has 174 valence electrons. The first-order chi connectivity index (χ1) is 15.3. The van der Waals surface area contributed by atoms with Crippen LogP contribution in [-0.4, -0.2) is 46.1 Å². The van der Waals surface area contributed by atoms with Crippen LogP contribution in [0.2, 0.25) is 25.7 Å². The Morgan fingerprint density at radius 2 is 1.73 bits per heavy atom. The highest BCUT2D eigenvalue weighted by atomic mass is 32.2. The summed E-state index contributed by atoms with van der Waals surface area (Å²) in [4.78, 5) is 26.2. The number of amides is 2. The third-order valence-corrected chi connectivity index (χ3v) is 8.27. The van der Waals surface area contributed by atoms with Gasteiger partial charge < -0.3 is 10.6 Å². The highest BCUT2D eigenvalue weighted by Crippen LogP contribution is 2.34. The minimum Gasteiger partial charge on any atom is -0.341 e. The Balaban J connectivity index is 1.80. The van der Waals surface area contributed by atoms with Gasteiger partial charge in [-0.1, -0.05) is 43.9 Å². The van der Waals surface area contributed by atoms with Crippen LogP contribution >= 0.6 is 0 Å². The number of benzene rings is 2. The Hall–Kier alpha value is -2.96. The Kier molecular flexibility index (Phi) is 6.82. The summed E-state index contributed by atoms with van der Waals surface area (Å²) < 4.78 is 23.4. The van der Waals surface area contributed by atoms with E-state index in [-0.39, 0.29) is 16.7 Å². The normalized spacial score (nSPS) is 15.7. The van der Waals surface area contributed by atoms with E-state index in [0.717, 1.165) is 17.4 Å². The van der Waals surface area contributed by atoms with Crippen LogP contribution in [0, 0.1) is 11.3 Å². The monoisotopic (exact) mass is 483 g/mol. The highest BCUT2D eigenvalue weighted by molar-refractivity contribution is 7.90. The zero-order valence-electron chi connectivity index (χ0n) is 19.3. The average molecular weight is 484 g/mol. The molecule has 3 rings (SSSR count). The van der Waals surface area contributed by atoms with Crippen molar-refractivity contribution in [2.75, 3.05) is 6.26 Å². The zero-order valence-corrected chi connectivity index (χ0v) is 21.1. The average Bonchev–Trinajstić information content (AvgIpc) is 3.51. The number of nitrogens with one attached hydrogen (secondary N) is 2. The van der Waals surface area contributed by atoms with Crippen molar-refractivity contribution in [2.45, 2.75) is 55.0 Å². The maximum atomic E-state index is 13.0. The smallest absolute Gasteiger partial charge is 0.251 e. The molecule has 1 aliphatic rings.